The maximum absolute atomic E-state index is 12.2. The van der Waals surface area contributed by atoms with Crippen LogP contribution in [0, 0.1) is 6.92 Å². The Morgan fingerprint density at radius 1 is 1.48 bits per heavy atom. The Balaban J connectivity index is 2.17. The minimum atomic E-state index is -0.255. The minimum Gasteiger partial charge on any atom is -0.496 e. The van der Waals surface area contributed by atoms with Gasteiger partial charge in [-0.05, 0) is 25.1 Å². The first-order valence-electron chi connectivity index (χ1n) is 6.34. The van der Waals surface area contributed by atoms with Gasteiger partial charge in [-0.15, -0.1) is 0 Å². The van der Waals surface area contributed by atoms with E-state index < -0.39 is 0 Å². The molecule has 1 aromatic carbocycles. The van der Waals surface area contributed by atoms with Crippen LogP contribution in [-0.2, 0) is 6.54 Å². The summed E-state index contributed by atoms with van der Waals surface area (Å²) in [7, 11) is 1.56. The number of carbonyl (C=O) groups excluding carboxylic acids is 1. The van der Waals surface area contributed by atoms with E-state index in [1.807, 2.05) is 0 Å². The summed E-state index contributed by atoms with van der Waals surface area (Å²) >= 11 is 6.13. The maximum Gasteiger partial charge on any atom is 0.253 e. The Bertz CT molecular complexity index is 674. The molecule has 0 aliphatic carbocycles. The van der Waals surface area contributed by atoms with Crippen LogP contribution in [0.2, 0.25) is 5.02 Å². The first kappa shape index (κ1) is 15.1. The zero-order valence-corrected chi connectivity index (χ0v) is 12.6. The van der Waals surface area contributed by atoms with Gasteiger partial charge in [0.1, 0.15) is 5.75 Å². The van der Waals surface area contributed by atoms with Crippen molar-refractivity contribution in [1.29, 1.82) is 0 Å². The van der Waals surface area contributed by atoms with Crippen molar-refractivity contribution in [3.8, 4) is 5.75 Å². The molecule has 1 amide bonds. The van der Waals surface area contributed by atoms with Crippen molar-refractivity contribution < 1.29 is 9.53 Å². The fourth-order valence-corrected chi connectivity index (χ4v) is 2.18. The van der Waals surface area contributed by atoms with Crippen LogP contribution in [0.5, 0.6) is 5.75 Å². The zero-order chi connectivity index (χ0) is 15.4. The third kappa shape index (κ3) is 3.44. The molecule has 6 heteroatoms. The molecule has 0 atom stereocenters. The zero-order valence-electron chi connectivity index (χ0n) is 11.8. The van der Waals surface area contributed by atoms with Gasteiger partial charge in [-0.25, -0.2) is 0 Å². The summed E-state index contributed by atoms with van der Waals surface area (Å²) in [5.74, 6) is 0.375. The summed E-state index contributed by atoms with van der Waals surface area (Å²) in [5.41, 5.74) is 7.89. The smallest absolute Gasteiger partial charge is 0.253 e. The van der Waals surface area contributed by atoms with E-state index in [2.05, 4.69) is 10.3 Å². The number of pyridine rings is 1. The normalized spacial score (nSPS) is 10.2. The lowest BCUT2D eigenvalue weighted by Gasteiger charge is -2.12. The monoisotopic (exact) mass is 305 g/mol. The molecular formula is C15H16ClN3O2. The lowest BCUT2D eigenvalue weighted by atomic mass is 10.1. The molecule has 1 aromatic heterocycles. The standard InChI is InChI=1S/C15H16ClN3O2/c1-9-11(6-10(17)7-18-9)15(20)19-8-12-13(16)4-3-5-14(12)21-2/h3-7H,8,17H2,1-2H3,(H,19,20). The fraction of sp³-hybridized carbons (Fsp3) is 0.200. The largest absolute Gasteiger partial charge is 0.496 e. The number of benzene rings is 1. The number of hydrogen-bond donors (Lipinski definition) is 2. The number of halogens is 1. The summed E-state index contributed by atoms with van der Waals surface area (Å²) in [6.07, 6.45) is 1.52. The topological polar surface area (TPSA) is 77.2 Å². The van der Waals surface area contributed by atoms with Crippen LogP contribution in [-0.4, -0.2) is 18.0 Å². The van der Waals surface area contributed by atoms with Crippen LogP contribution in [0.3, 0.4) is 0 Å². The highest BCUT2D eigenvalue weighted by atomic mass is 35.5. The molecule has 0 saturated carbocycles. The number of nitrogens with zero attached hydrogens (tertiary/aromatic N) is 1. The lowest BCUT2D eigenvalue weighted by Crippen LogP contribution is -2.24. The number of anilines is 1. The third-order valence-corrected chi connectivity index (χ3v) is 3.43. The molecule has 2 aromatic rings. The van der Waals surface area contributed by atoms with Gasteiger partial charge in [-0.3, -0.25) is 9.78 Å². The number of ether oxygens (including phenoxy) is 1. The second kappa shape index (κ2) is 6.45. The van der Waals surface area contributed by atoms with Crippen LogP contribution in [0.4, 0.5) is 5.69 Å². The Morgan fingerprint density at radius 3 is 2.95 bits per heavy atom. The van der Waals surface area contributed by atoms with E-state index in [4.69, 9.17) is 22.1 Å². The Morgan fingerprint density at radius 2 is 2.24 bits per heavy atom. The molecule has 3 N–H and O–H groups in total. The van der Waals surface area contributed by atoms with Crippen LogP contribution in [0.25, 0.3) is 0 Å². The molecule has 0 spiro atoms. The molecule has 1 heterocycles. The average Bonchev–Trinajstić information content (AvgIpc) is 2.47. The highest BCUT2D eigenvalue weighted by Gasteiger charge is 2.13. The van der Waals surface area contributed by atoms with Crippen molar-refractivity contribution in [2.75, 3.05) is 12.8 Å². The van der Waals surface area contributed by atoms with Crippen molar-refractivity contribution in [2.24, 2.45) is 0 Å². The molecule has 0 bridgehead atoms. The predicted octanol–water partition coefficient (Wildman–Crippen LogP) is 2.56. The summed E-state index contributed by atoms with van der Waals surface area (Å²) in [6.45, 7) is 2.01. The molecule has 2 rings (SSSR count). The number of nitrogen functional groups attached to an aromatic ring is 1. The Kier molecular flexibility index (Phi) is 4.65. The van der Waals surface area contributed by atoms with Gasteiger partial charge < -0.3 is 15.8 Å². The summed E-state index contributed by atoms with van der Waals surface area (Å²) in [5, 5.41) is 3.34. The van der Waals surface area contributed by atoms with Crippen molar-refractivity contribution in [3.63, 3.8) is 0 Å². The van der Waals surface area contributed by atoms with Gasteiger partial charge in [0, 0.05) is 17.1 Å². The van der Waals surface area contributed by atoms with Gasteiger partial charge in [-0.1, -0.05) is 17.7 Å². The molecule has 5 nitrogen and oxygen atoms in total. The molecule has 110 valence electrons. The fourth-order valence-electron chi connectivity index (χ4n) is 1.94. The number of aromatic nitrogens is 1. The highest BCUT2D eigenvalue weighted by Crippen LogP contribution is 2.26. The number of hydrogen-bond acceptors (Lipinski definition) is 4. The number of aryl methyl sites for hydroxylation is 1. The second-order valence-electron chi connectivity index (χ2n) is 4.50. The van der Waals surface area contributed by atoms with Gasteiger partial charge in [-0.2, -0.15) is 0 Å². The molecule has 0 fully saturated rings. The van der Waals surface area contributed by atoms with E-state index in [-0.39, 0.29) is 12.5 Å². The lowest BCUT2D eigenvalue weighted by molar-refractivity contribution is 0.0949. The maximum atomic E-state index is 12.2. The van der Waals surface area contributed by atoms with Crippen molar-refractivity contribution in [2.45, 2.75) is 13.5 Å². The molecule has 0 aliphatic rings. The van der Waals surface area contributed by atoms with Crippen LogP contribution < -0.4 is 15.8 Å². The van der Waals surface area contributed by atoms with E-state index in [0.29, 0.717) is 27.7 Å². The number of rotatable bonds is 4. The molecule has 0 saturated heterocycles. The first-order valence-corrected chi connectivity index (χ1v) is 6.72. The molecule has 0 radical (unpaired) electrons. The molecule has 0 aliphatic heterocycles. The Labute approximate surface area is 128 Å². The van der Waals surface area contributed by atoms with Gasteiger partial charge in [0.15, 0.2) is 0 Å². The van der Waals surface area contributed by atoms with Crippen molar-refractivity contribution in [1.82, 2.24) is 10.3 Å². The van der Waals surface area contributed by atoms with Gasteiger partial charge in [0.05, 0.1) is 30.3 Å². The minimum absolute atomic E-state index is 0.255. The SMILES string of the molecule is COc1cccc(Cl)c1CNC(=O)c1cc(N)cnc1C. The summed E-state index contributed by atoms with van der Waals surface area (Å²) < 4.78 is 5.24. The number of nitrogens with two attached hydrogens (primary N) is 1. The van der Waals surface area contributed by atoms with Crippen LogP contribution in [0.15, 0.2) is 30.5 Å². The summed E-state index contributed by atoms with van der Waals surface area (Å²) in [6, 6.07) is 6.93. The third-order valence-electron chi connectivity index (χ3n) is 3.07. The van der Waals surface area contributed by atoms with Crippen LogP contribution >= 0.6 is 11.6 Å². The number of nitrogens with one attached hydrogen (secondary N) is 1. The van der Waals surface area contributed by atoms with Crippen LogP contribution in [0.1, 0.15) is 21.6 Å². The van der Waals surface area contributed by atoms with Gasteiger partial charge in [0.25, 0.3) is 5.91 Å². The van der Waals surface area contributed by atoms with Gasteiger partial charge >= 0.3 is 0 Å². The van der Waals surface area contributed by atoms with E-state index in [1.165, 1.54) is 6.20 Å². The molecule has 21 heavy (non-hydrogen) atoms. The number of methoxy groups -OCH3 is 1. The van der Waals surface area contributed by atoms with E-state index in [1.54, 1.807) is 38.3 Å². The van der Waals surface area contributed by atoms with E-state index >= 15 is 0 Å². The molecular weight excluding hydrogens is 290 g/mol. The van der Waals surface area contributed by atoms with E-state index in [0.717, 1.165) is 5.56 Å². The first-order chi connectivity index (χ1) is 10.0. The second-order valence-corrected chi connectivity index (χ2v) is 4.91. The van der Waals surface area contributed by atoms with Crippen molar-refractivity contribution >= 4 is 23.2 Å². The highest BCUT2D eigenvalue weighted by molar-refractivity contribution is 6.31. The quantitative estimate of drug-likeness (QED) is 0.910. The predicted molar refractivity (Wildman–Crippen MR) is 82.6 cm³/mol. The summed E-state index contributed by atoms with van der Waals surface area (Å²) in [4.78, 5) is 16.3. The van der Waals surface area contributed by atoms with Crippen molar-refractivity contribution in [3.05, 3.63) is 52.3 Å². The molecule has 0 unspecified atom stereocenters. The van der Waals surface area contributed by atoms with E-state index in [9.17, 15) is 4.79 Å². The number of amides is 1. The Hall–Kier alpha value is -2.27. The number of carbonyl (C=O) groups is 1. The van der Waals surface area contributed by atoms with Gasteiger partial charge in [0.2, 0.25) is 0 Å². The average molecular weight is 306 g/mol.